The first-order valence-corrected chi connectivity index (χ1v) is 15.5. The molecule has 0 saturated carbocycles. The minimum absolute atomic E-state index is 0. The number of hydrogen-bond acceptors (Lipinski definition) is 8. The summed E-state index contributed by atoms with van der Waals surface area (Å²) in [6.07, 6.45) is 1.37. The summed E-state index contributed by atoms with van der Waals surface area (Å²) in [4.78, 5) is 20.4. The highest BCUT2D eigenvalue weighted by atomic mass is 35.5. The van der Waals surface area contributed by atoms with Crippen molar-refractivity contribution in [2.45, 2.75) is 36.6 Å². The molecule has 1 aliphatic heterocycles. The van der Waals surface area contributed by atoms with Gasteiger partial charge in [0.25, 0.3) is 0 Å². The van der Waals surface area contributed by atoms with Crippen molar-refractivity contribution >= 4 is 46.5 Å². The molecule has 0 radical (unpaired) electrons. The van der Waals surface area contributed by atoms with Gasteiger partial charge in [-0.25, -0.2) is 0 Å². The van der Waals surface area contributed by atoms with E-state index in [-0.39, 0.29) is 34.9 Å². The Morgan fingerprint density at radius 2 is 1.47 bits per heavy atom. The fraction of sp³-hybridized carbons (Fsp3) is 0.250. The van der Waals surface area contributed by atoms with Gasteiger partial charge in [0.1, 0.15) is 12.0 Å². The third-order valence-electron chi connectivity index (χ3n) is 7.89. The average molecular weight is 647 g/mol. The van der Waals surface area contributed by atoms with E-state index in [1.165, 1.54) is 46.7 Å². The number of aromatic hydroxyl groups is 1. The molecule has 7 nitrogen and oxygen atoms in total. The molecule has 1 unspecified atom stereocenters. The maximum atomic E-state index is 12.6. The van der Waals surface area contributed by atoms with E-state index in [4.69, 9.17) is 13.9 Å². The van der Waals surface area contributed by atoms with Crippen molar-refractivity contribution in [1.29, 1.82) is 0 Å². The van der Waals surface area contributed by atoms with Gasteiger partial charge in [-0.15, -0.1) is 12.4 Å². The van der Waals surface area contributed by atoms with Crippen molar-refractivity contribution < 1.29 is 19.0 Å². The zero-order valence-electron chi connectivity index (χ0n) is 26.2. The van der Waals surface area contributed by atoms with Gasteiger partial charge in [-0.3, -0.25) is 9.69 Å². The zero-order valence-corrected chi connectivity index (χ0v) is 27.8. The molecule has 0 fully saturated rings. The smallest absolute Gasteiger partial charge is 0.204 e. The quantitative estimate of drug-likeness (QED) is 0.180. The number of ether oxygens (including phenoxy) is 2. The molecule has 1 aliphatic rings. The van der Waals surface area contributed by atoms with Crippen LogP contribution in [0.3, 0.4) is 0 Å². The first-order valence-electron chi connectivity index (χ1n) is 14.7. The number of rotatable bonds is 8. The second-order valence-electron chi connectivity index (χ2n) is 10.4. The van der Waals surface area contributed by atoms with Crippen LogP contribution in [-0.2, 0) is 0 Å². The lowest BCUT2D eigenvalue weighted by Gasteiger charge is -2.37. The molecule has 236 valence electrons. The maximum absolute atomic E-state index is 12.6. The lowest BCUT2D eigenvalue weighted by Crippen LogP contribution is -2.41. The number of fused-ring (bicyclic) bond motifs is 3. The number of likely N-dealkylation sites (N-methyl/N-ethyl adjacent to an activating group) is 1. The highest BCUT2D eigenvalue weighted by Gasteiger charge is 2.25. The summed E-state index contributed by atoms with van der Waals surface area (Å²) >= 11 is 1.88. The number of nitrogens with zero attached hydrogens (tertiary/aromatic N) is 2. The second-order valence-corrected chi connectivity index (χ2v) is 11.5. The maximum Gasteiger partial charge on any atom is 0.204 e. The number of anilines is 2. The van der Waals surface area contributed by atoms with E-state index in [1.807, 2.05) is 11.8 Å². The van der Waals surface area contributed by atoms with E-state index < -0.39 is 0 Å². The molecule has 5 aromatic rings. The number of para-hydroxylation sites is 2. The van der Waals surface area contributed by atoms with E-state index in [2.05, 4.69) is 79.1 Å². The fourth-order valence-electron chi connectivity index (χ4n) is 5.54. The van der Waals surface area contributed by atoms with Gasteiger partial charge in [-0.05, 0) is 74.1 Å². The van der Waals surface area contributed by atoms with Crippen molar-refractivity contribution in [3.8, 4) is 28.4 Å². The number of methoxy groups -OCH3 is 2. The molecule has 2 heterocycles. The van der Waals surface area contributed by atoms with Crippen LogP contribution >= 0.6 is 24.2 Å². The standard InChI is InChI=1S/C19H24N2S.C17H14O5.ClH/c1-4-20(5-2)15(3)14-21-16-10-6-8-12-18(16)22-19-13-9-7-11-17(19)21;1-20-11-5-3-10(4-6-11)13-9-22-16-12(15(13)19)7-8-14(18)17(16)21-2;/h6-13,15H,4-5,14H2,1-3H3;3-9,18H,1-2H3;1H. The summed E-state index contributed by atoms with van der Waals surface area (Å²) in [5.74, 6) is 0.784. The molecule has 4 aromatic carbocycles. The molecule has 45 heavy (non-hydrogen) atoms. The Balaban J connectivity index is 0.000000200. The van der Waals surface area contributed by atoms with E-state index in [1.54, 1.807) is 31.4 Å². The number of halogens is 1. The van der Waals surface area contributed by atoms with Crippen LogP contribution in [-0.4, -0.2) is 49.9 Å². The fourth-order valence-corrected chi connectivity index (χ4v) is 6.63. The van der Waals surface area contributed by atoms with Crippen LogP contribution in [0, 0.1) is 0 Å². The molecule has 1 aromatic heterocycles. The van der Waals surface area contributed by atoms with Crippen molar-refractivity contribution in [2.75, 3.05) is 38.8 Å². The topological polar surface area (TPSA) is 75.4 Å². The van der Waals surface area contributed by atoms with Gasteiger partial charge < -0.3 is 23.9 Å². The number of phenolic OH excluding ortho intramolecular Hbond substituents is 1. The minimum atomic E-state index is -0.190. The summed E-state index contributed by atoms with van der Waals surface area (Å²) < 4.78 is 15.7. The molecule has 1 N–H and O–H groups in total. The van der Waals surface area contributed by atoms with Gasteiger partial charge >= 0.3 is 0 Å². The van der Waals surface area contributed by atoms with Crippen LogP contribution < -0.4 is 19.8 Å². The Morgan fingerprint density at radius 3 is 2.02 bits per heavy atom. The van der Waals surface area contributed by atoms with E-state index in [0.29, 0.717) is 22.7 Å². The average Bonchev–Trinajstić information content (AvgIpc) is 3.06. The van der Waals surface area contributed by atoms with Crippen LogP contribution in [0.1, 0.15) is 20.8 Å². The first-order chi connectivity index (χ1) is 21.4. The lowest BCUT2D eigenvalue weighted by molar-refractivity contribution is 0.236. The summed E-state index contributed by atoms with van der Waals surface area (Å²) in [6.45, 7) is 10.0. The first kappa shape index (κ1) is 33.8. The summed E-state index contributed by atoms with van der Waals surface area (Å²) in [5, 5.41) is 10.1. The van der Waals surface area contributed by atoms with Crippen LogP contribution in [0.15, 0.2) is 110 Å². The monoisotopic (exact) mass is 646 g/mol. The minimum Gasteiger partial charge on any atom is -0.504 e. The largest absolute Gasteiger partial charge is 0.504 e. The van der Waals surface area contributed by atoms with Gasteiger partial charge in [0.15, 0.2) is 11.3 Å². The zero-order chi connectivity index (χ0) is 31.2. The Labute approximate surface area is 274 Å². The summed E-state index contributed by atoms with van der Waals surface area (Å²) in [6, 6.07) is 28.1. The SMILES string of the molecule is CCN(CC)C(C)CN1c2ccccc2Sc2ccccc21.COc1ccc(-c2coc3c(OC)c(O)ccc3c2=O)cc1.Cl. The van der Waals surface area contributed by atoms with E-state index in [9.17, 15) is 9.90 Å². The van der Waals surface area contributed by atoms with Crippen molar-refractivity contribution in [3.05, 3.63) is 101 Å². The molecule has 9 heteroatoms. The molecule has 1 atom stereocenters. The molecule has 0 aliphatic carbocycles. The van der Waals surface area contributed by atoms with Crippen LogP contribution in [0.4, 0.5) is 11.4 Å². The molecule has 6 rings (SSSR count). The van der Waals surface area contributed by atoms with E-state index >= 15 is 0 Å². The predicted molar refractivity (Wildman–Crippen MR) is 186 cm³/mol. The third-order valence-corrected chi connectivity index (χ3v) is 9.03. The van der Waals surface area contributed by atoms with Crippen molar-refractivity contribution in [3.63, 3.8) is 0 Å². The van der Waals surface area contributed by atoms with Crippen molar-refractivity contribution in [1.82, 2.24) is 4.90 Å². The van der Waals surface area contributed by atoms with Crippen LogP contribution in [0.2, 0.25) is 0 Å². The van der Waals surface area contributed by atoms with Gasteiger partial charge in [0.05, 0.1) is 36.5 Å². The summed E-state index contributed by atoms with van der Waals surface area (Å²) in [7, 11) is 2.99. The van der Waals surface area contributed by atoms with Crippen LogP contribution in [0.5, 0.6) is 17.2 Å². The number of benzene rings is 4. The normalized spacial score (nSPS) is 12.4. The number of hydrogen-bond donors (Lipinski definition) is 1. The van der Waals surface area contributed by atoms with Gasteiger partial charge in [-0.1, -0.05) is 62.0 Å². The molecule has 0 spiro atoms. The predicted octanol–water partition coefficient (Wildman–Crippen LogP) is 8.62. The Kier molecular flexibility index (Phi) is 11.4. The highest BCUT2D eigenvalue weighted by Crippen LogP contribution is 2.47. The molecule has 0 saturated heterocycles. The van der Waals surface area contributed by atoms with Crippen molar-refractivity contribution in [2.24, 2.45) is 0 Å². The Bertz CT molecular complexity index is 1740. The molecule has 0 bridgehead atoms. The number of phenols is 1. The molecule has 0 amide bonds. The highest BCUT2D eigenvalue weighted by molar-refractivity contribution is 7.99. The lowest BCUT2D eigenvalue weighted by atomic mass is 10.1. The Hall–Kier alpha value is -4.11. The van der Waals surface area contributed by atoms with E-state index in [0.717, 1.165) is 25.2 Å². The van der Waals surface area contributed by atoms with Gasteiger partial charge in [0, 0.05) is 22.4 Å². The van der Waals surface area contributed by atoms with Gasteiger partial charge in [-0.2, -0.15) is 0 Å². The molecular formula is C36H39ClN2O5S. The van der Waals surface area contributed by atoms with Crippen LogP contribution in [0.25, 0.3) is 22.1 Å². The summed E-state index contributed by atoms with van der Waals surface area (Å²) in [5.41, 5.74) is 3.87. The third kappa shape index (κ3) is 7.09. The second kappa shape index (κ2) is 15.3. The molecular weight excluding hydrogens is 608 g/mol. The Morgan fingerprint density at radius 1 is 0.867 bits per heavy atom. The van der Waals surface area contributed by atoms with Gasteiger partial charge in [0.2, 0.25) is 11.2 Å².